The molecule has 7 nitrogen and oxygen atoms in total. The molecule has 0 heterocycles. The number of nitrogens with zero attached hydrogens (tertiary/aromatic N) is 1. The Balaban J connectivity index is 2.76. The number of rotatable bonds is 8. The fourth-order valence-electron chi connectivity index (χ4n) is 1.57. The lowest BCUT2D eigenvalue weighted by atomic mass is 10.1. The normalized spacial score (nSPS) is 11.2. The Morgan fingerprint density at radius 1 is 1.40 bits per heavy atom. The molecule has 0 atom stereocenters. The van der Waals surface area contributed by atoms with Crippen LogP contribution < -0.4 is 0 Å². The summed E-state index contributed by atoms with van der Waals surface area (Å²) in [5, 5.41) is 10.6. The van der Waals surface area contributed by atoms with Crippen LogP contribution in [0.15, 0.2) is 24.3 Å². The Morgan fingerprint density at radius 3 is 2.70 bits per heavy atom. The monoisotopic (exact) mass is 301 g/mol. The van der Waals surface area contributed by atoms with Gasteiger partial charge in [-0.15, -0.1) is 0 Å². The van der Waals surface area contributed by atoms with E-state index in [-0.39, 0.29) is 17.0 Å². The summed E-state index contributed by atoms with van der Waals surface area (Å²) in [6, 6.07) is 5.03. The zero-order valence-electron chi connectivity index (χ0n) is 10.9. The average Bonchev–Trinajstić information content (AvgIpc) is 2.38. The number of nitro groups is 1. The van der Waals surface area contributed by atoms with Gasteiger partial charge in [-0.25, -0.2) is 8.42 Å². The van der Waals surface area contributed by atoms with Gasteiger partial charge in [0.25, 0.3) is 5.69 Å². The van der Waals surface area contributed by atoms with Gasteiger partial charge in [0, 0.05) is 31.4 Å². The van der Waals surface area contributed by atoms with E-state index in [1.807, 2.05) is 0 Å². The van der Waals surface area contributed by atoms with Gasteiger partial charge in [0.1, 0.15) is 5.75 Å². The van der Waals surface area contributed by atoms with Gasteiger partial charge in [-0.3, -0.25) is 14.9 Å². The van der Waals surface area contributed by atoms with Crippen LogP contribution in [0, 0.1) is 10.1 Å². The molecule has 1 rings (SSSR count). The highest BCUT2D eigenvalue weighted by Crippen LogP contribution is 2.14. The minimum absolute atomic E-state index is 0.0227. The molecule has 0 amide bonds. The number of sulfone groups is 1. The number of hydrogen-bond acceptors (Lipinski definition) is 6. The molecule has 1 aromatic carbocycles. The van der Waals surface area contributed by atoms with Crippen LogP contribution in [0.3, 0.4) is 0 Å². The minimum Gasteiger partial charge on any atom is -0.385 e. The molecule has 20 heavy (non-hydrogen) atoms. The van der Waals surface area contributed by atoms with Crippen molar-refractivity contribution >= 4 is 21.3 Å². The number of non-ortho nitro benzene ring substituents is 1. The lowest BCUT2D eigenvalue weighted by Crippen LogP contribution is -2.20. The Hall–Kier alpha value is -1.80. The van der Waals surface area contributed by atoms with Crippen molar-refractivity contribution in [1.29, 1.82) is 0 Å². The van der Waals surface area contributed by atoms with Gasteiger partial charge in [0.15, 0.2) is 15.6 Å². The highest BCUT2D eigenvalue weighted by Gasteiger charge is 2.19. The lowest BCUT2D eigenvalue weighted by molar-refractivity contribution is -0.384. The van der Waals surface area contributed by atoms with E-state index in [9.17, 15) is 23.3 Å². The first-order valence-electron chi connectivity index (χ1n) is 5.83. The fourth-order valence-corrected chi connectivity index (χ4v) is 2.84. The van der Waals surface area contributed by atoms with E-state index < -0.39 is 26.3 Å². The zero-order chi connectivity index (χ0) is 15.2. The molecule has 8 heteroatoms. The maximum absolute atomic E-state index is 11.8. The molecule has 110 valence electrons. The van der Waals surface area contributed by atoms with Crippen LogP contribution in [0.25, 0.3) is 0 Å². The van der Waals surface area contributed by atoms with E-state index >= 15 is 0 Å². The fraction of sp³-hybridized carbons (Fsp3) is 0.417. The second-order valence-electron chi connectivity index (χ2n) is 4.17. The van der Waals surface area contributed by atoms with Crippen LogP contribution in [-0.2, 0) is 14.6 Å². The van der Waals surface area contributed by atoms with Gasteiger partial charge in [0.2, 0.25) is 0 Å². The van der Waals surface area contributed by atoms with Crippen molar-refractivity contribution in [2.45, 2.75) is 6.42 Å². The second kappa shape index (κ2) is 7.11. The largest absolute Gasteiger partial charge is 0.385 e. The number of carbonyl (C=O) groups excluding carboxylic acids is 1. The standard InChI is InChI=1S/C12H15NO6S/c1-19-6-3-7-20(17,18)9-12(14)10-4-2-5-11(8-10)13(15)16/h2,4-5,8H,3,6-7,9H2,1H3. The number of methoxy groups -OCH3 is 1. The number of carbonyl (C=O) groups is 1. The van der Waals surface area contributed by atoms with Crippen molar-refractivity contribution in [3.05, 3.63) is 39.9 Å². The van der Waals surface area contributed by atoms with E-state index in [2.05, 4.69) is 0 Å². The quantitative estimate of drug-likeness (QED) is 0.309. The molecule has 0 aliphatic heterocycles. The highest BCUT2D eigenvalue weighted by molar-refractivity contribution is 7.92. The number of ether oxygens (including phenoxy) is 1. The van der Waals surface area contributed by atoms with Crippen LogP contribution in [0.1, 0.15) is 16.8 Å². The summed E-state index contributed by atoms with van der Waals surface area (Å²) in [5.74, 6) is -1.45. The maximum Gasteiger partial charge on any atom is 0.270 e. The topological polar surface area (TPSA) is 104 Å². The Labute approximate surface area is 116 Å². The summed E-state index contributed by atoms with van der Waals surface area (Å²) in [5.41, 5.74) is -0.220. The lowest BCUT2D eigenvalue weighted by Gasteiger charge is -2.04. The molecule has 0 bridgehead atoms. The number of nitro benzene ring substituents is 1. The predicted molar refractivity (Wildman–Crippen MR) is 72.6 cm³/mol. The van der Waals surface area contributed by atoms with Crippen LogP contribution in [-0.4, -0.2) is 44.3 Å². The summed E-state index contributed by atoms with van der Waals surface area (Å²) < 4.78 is 28.1. The first-order chi connectivity index (χ1) is 9.35. The molecule has 0 aliphatic rings. The summed E-state index contributed by atoms with van der Waals surface area (Å²) in [6.07, 6.45) is 0.307. The van der Waals surface area contributed by atoms with Gasteiger partial charge in [-0.1, -0.05) is 12.1 Å². The van der Waals surface area contributed by atoms with Crippen LogP contribution in [0.4, 0.5) is 5.69 Å². The van der Waals surface area contributed by atoms with Gasteiger partial charge in [-0.2, -0.15) is 0 Å². The molecular weight excluding hydrogens is 286 g/mol. The third kappa shape index (κ3) is 5.06. The molecular formula is C12H15NO6S. The molecule has 0 aromatic heterocycles. The van der Waals surface area contributed by atoms with Crippen LogP contribution in [0.2, 0.25) is 0 Å². The number of hydrogen-bond donors (Lipinski definition) is 0. The van der Waals surface area contributed by atoms with Crippen LogP contribution >= 0.6 is 0 Å². The van der Waals surface area contributed by atoms with Gasteiger partial charge < -0.3 is 4.74 Å². The van der Waals surface area contributed by atoms with Gasteiger partial charge in [-0.05, 0) is 6.42 Å². The SMILES string of the molecule is COCCCS(=O)(=O)CC(=O)c1cccc([N+](=O)[O-])c1. The highest BCUT2D eigenvalue weighted by atomic mass is 32.2. The van der Waals surface area contributed by atoms with Crippen LogP contribution in [0.5, 0.6) is 0 Å². The number of ketones is 1. The molecule has 0 unspecified atom stereocenters. The average molecular weight is 301 g/mol. The zero-order valence-corrected chi connectivity index (χ0v) is 11.8. The van der Waals surface area contributed by atoms with Crippen molar-refractivity contribution in [2.75, 3.05) is 25.2 Å². The number of Topliss-reactive ketones (excluding diaryl/α,β-unsaturated/α-hetero) is 1. The van der Waals surface area contributed by atoms with E-state index in [1.54, 1.807) is 0 Å². The van der Waals surface area contributed by atoms with Crippen molar-refractivity contribution in [1.82, 2.24) is 0 Å². The molecule has 0 spiro atoms. The molecule has 0 saturated carbocycles. The van der Waals surface area contributed by atoms with Crippen molar-refractivity contribution in [3.63, 3.8) is 0 Å². The summed E-state index contributed by atoms with van der Waals surface area (Å²) >= 11 is 0. The first kappa shape index (κ1) is 16.3. The van der Waals surface area contributed by atoms with Crippen molar-refractivity contribution < 1.29 is 22.9 Å². The molecule has 0 saturated heterocycles. The first-order valence-corrected chi connectivity index (χ1v) is 7.65. The van der Waals surface area contributed by atoms with Gasteiger partial charge >= 0.3 is 0 Å². The van der Waals surface area contributed by atoms with Crippen molar-refractivity contribution in [3.8, 4) is 0 Å². The molecule has 0 radical (unpaired) electrons. The summed E-state index contributed by atoms with van der Waals surface area (Å²) in [4.78, 5) is 21.8. The van der Waals surface area contributed by atoms with E-state index in [0.717, 1.165) is 6.07 Å². The van der Waals surface area contributed by atoms with Crippen molar-refractivity contribution in [2.24, 2.45) is 0 Å². The Bertz CT molecular complexity index is 596. The molecule has 0 N–H and O–H groups in total. The predicted octanol–water partition coefficient (Wildman–Crippen LogP) is 1.23. The Kier molecular flexibility index (Phi) is 5.78. The van der Waals surface area contributed by atoms with E-state index in [4.69, 9.17) is 4.74 Å². The maximum atomic E-state index is 11.8. The van der Waals surface area contributed by atoms with E-state index in [0.29, 0.717) is 13.0 Å². The second-order valence-corrected chi connectivity index (χ2v) is 6.35. The summed E-state index contributed by atoms with van der Waals surface area (Å²) in [6.45, 7) is 0.296. The molecule has 0 fully saturated rings. The molecule has 1 aromatic rings. The third-order valence-electron chi connectivity index (χ3n) is 2.53. The molecule has 0 aliphatic carbocycles. The summed E-state index contributed by atoms with van der Waals surface area (Å²) in [7, 11) is -2.07. The Morgan fingerprint density at radius 2 is 2.10 bits per heavy atom. The minimum atomic E-state index is -3.53. The number of benzene rings is 1. The van der Waals surface area contributed by atoms with Gasteiger partial charge in [0.05, 0.1) is 10.7 Å². The smallest absolute Gasteiger partial charge is 0.270 e. The third-order valence-corrected chi connectivity index (χ3v) is 4.15. The van der Waals surface area contributed by atoms with E-state index in [1.165, 1.54) is 25.3 Å².